The Labute approximate surface area is 211 Å². The number of hydrogen-bond donors (Lipinski definition) is 1. The van der Waals surface area contributed by atoms with E-state index in [9.17, 15) is 14.4 Å². The highest BCUT2D eigenvalue weighted by atomic mass is 16.6. The van der Waals surface area contributed by atoms with E-state index in [1.807, 2.05) is 54.6 Å². The molecule has 4 aliphatic rings. The Morgan fingerprint density at radius 3 is 2.61 bits per heavy atom. The van der Waals surface area contributed by atoms with Gasteiger partial charge in [-0.2, -0.15) is 0 Å². The fraction of sp³-hybridized carbons (Fsp3) is 0.536. The number of cyclic esters (lactones) is 1. The SMILES string of the molecule is O=C1OCCC=C[C@H]2O[C@]34C=CCN(Cc5ccccc5)C(=O)C3N(CCCCCCO)C(=O)[C@@H]4[C@@H]12. The number of ether oxygens (including phenoxy) is 2. The summed E-state index contributed by atoms with van der Waals surface area (Å²) in [7, 11) is 0. The van der Waals surface area contributed by atoms with E-state index in [0.717, 1.165) is 18.4 Å². The number of amides is 2. The van der Waals surface area contributed by atoms with Crippen molar-refractivity contribution in [3.05, 3.63) is 60.2 Å². The Morgan fingerprint density at radius 2 is 1.81 bits per heavy atom. The van der Waals surface area contributed by atoms with Crippen LogP contribution in [0, 0.1) is 11.8 Å². The van der Waals surface area contributed by atoms with Crippen LogP contribution in [0.3, 0.4) is 0 Å². The molecule has 36 heavy (non-hydrogen) atoms. The number of nitrogens with zero attached hydrogens (tertiary/aromatic N) is 2. The molecule has 2 fully saturated rings. The second-order valence-electron chi connectivity index (χ2n) is 10.0. The largest absolute Gasteiger partial charge is 0.465 e. The van der Waals surface area contributed by atoms with Crippen molar-refractivity contribution in [1.29, 1.82) is 0 Å². The molecule has 1 spiro atoms. The van der Waals surface area contributed by atoms with Crippen molar-refractivity contribution >= 4 is 17.8 Å². The van der Waals surface area contributed by atoms with Gasteiger partial charge in [0.15, 0.2) is 0 Å². The lowest BCUT2D eigenvalue weighted by molar-refractivity contribution is -0.155. The number of unbranched alkanes of at least 4 members (excludes halogenated alkanes) is 3. The van der Waals surface area contributed by atoms with Gasteiger partial charge in [0, 0.05) is 26.2 Å². The molecule has 2 amide bonds. The number of carbonyl (C=O) groups is 3. The molecule has 0 saturated carbocycles. The monoisotopic (exact) mass is 494 g/mol. The van der Waals surface area contributed by atoms with Crippen LogP contribution >= 0.6 is 0 Å². The molecule has 5 atom stereocenters. The summed E-state index contributed by atoms with van der Waals surface area (Å²) in [5.41, 5.74) is -0.208. The lowest BCUT2D eigenvalue weighted by Gasteiger charge is -2.35. The van der Waals surface area contributed by atoms with Gasteiger partial charge in [0.1, 0.15) is 17.6 Å². The van der Waals surface area contributed by atoms with Gasteiger partial charge in [-0.25, -0.2) is 0 Å². The minimum absolute atomic E-state index is 0.140. The number of esters is 1. The standard InChI is InChI=1S/C28H34N2O6/c31-17-8-2-1-7-16-30-24-26(33)29(19-20-11-4-3-5-12-20)15-10-14-28(24)23(25(30)32)22-21(36-28)13-6-9-18-35-27(22)34/h3-6,10-14,21-24,31H,1-2,7-9,15-19H2/t21-,22+,23+,24?,28+/m1/s1. The fourth-order valence-corrected chi connectivity index (χ4v) is 6.09. The van der Waals surface area contributed by atoms with E-state index in [-0.39, 0.29) is 25.0 Å². The van der Waals surface area contributed by atoms with Crippen LogP contribution in [-0.4, -0.2) is 76.7 Å². The van der Waals surface area contributed by atoms with E-state index < -0.39 is 35.6 Å². The minimum atomic E-state index is -1.21. The van der Waals surface area contributed by atoms with Crippen molar-refractivity contribution in [2.24, 2.45) is 11.8 Å². The molecule has 0 radical (unpaired) electrons. The number of aliphatic hydroxyl groups is 1. The highest BCUT2D eigenvalue weighted by Gasteiger charge is 2.71. The van der Waals surface area contributed by atoms with Gasteiger partial charge in [-0.05, 0) is 24.8 Å². The van der Waals surface area contributed by atoms with Crippen LogP contribution < -0.4 is 0 Å². The fourth-order valence-electron chi connectivity index (χ4n) is 6.09. The summed E-state index contributed by atoms with van der Waals surface area (Å²) in [4.78, 5) is 44.6. The van der Waals surface area contributed by atoms with Gasteiger partial charge in [0.25, 0.3) is 0 Å². The molecule has 2 saturated heterocycles. The Morgan fingerprint density at radius 1 is 1.00 bits per heavy atom. The van der Waals surface area contributed by atoms with Crippen LogP contribution in [0.5, 0.6) is 0 Å². The Balaban J connectivity index is 1.49. The van der Waals surface area contributed by atoms with Gasteiger partial charge in [0.05, 0.1) is 18.6 Å². The molecule has 192 valence electrons. The molecule has 0 aromatic heterocycles. The molecule has 4 aliphatic heterocycles. The molecule has 8 nitrogen and oxygen atoms in total. The maximum absolute atomic E-state index is 14.1. The predicted molar refractivity (Wildman–Crippen MR) is 131 cm³/mol. The molecule has 1 aromatic rings. The molecule has 1 unspecified atom stereocenters. The summed E-state index contributed by atoms with van der Waals surface area (Å²) in [5, 5.41) is 9.09. The summed E-state index contributed by atoms with van der Waals surface area (Å²) in [6, 6.07) is 8.94. The first-order valence-corrected chi connectivity index (χ1v) is 13.0. The molecular formula is C28H34N2O6. The van der Waals surface area contributed by atoms with Crippen molar-refractivity contribution < 1.29 is 29.0 Å². The number of carbonyl (C=O) groups excluding carboxylic acids is 3. The van der Waals surface area contributed by atoms with E-state index in [4.69, 9.17) is 14.6 Å². The Kier molecular flexibility index (Phi) is 7.25. The van der Waals surface area contributed by atoms with Crippen LogP contribution in [0.25, 0.3) is 0 Å². The van der Waals surface area contributed by atoms with E-state index >= 15 is 0 Å². The summed E-state index contributed by atoms with van der Waals surface area (Å²) >= 11 is 0. The molecule has 1 aromatic carbocycles. The second kappa shape index (κ2) is 10.6. The minimum Gasteiger partial charge on any atom is -0.465 e. The van der Waals surface area contributed by atoms with Gasteiger partial charge < -0.3 is 24.4 Å². The van der Waals surface area contributed by atoms with Crippen LogP contribution in [-0.2, 0) is 30.4 Å². The van der Waals surface area contributed by atoms with Gasteiger partial charge in [0.2, 0.25) is 11.8 Å². The normalized spacial score (nSPS) is 31.4. The van der Waals surface area contributed by atoms with E-state index in [2.05, 4.69) is 0 Å². The van der Waals surface area contributed by atoms with Gasteiger partial charge in [-0.3, -0.25) is 14.4 Å². The zero-order chi connectivity index (χ0) is 25.1. The zero-order valence-electron chi connectivity index (χ0n) is 20.5. The third kappa shape index (κ3) is 4.37. The highest BCUT2D eigenvalue weighted by Crippen LogP contribution is 2.53. The third-order valence-electron chi connectivity index (χ3n) is 7.73. The molecule has 0 aliphatic carbocycles. The maximum atomic E-state index is 14.1. The smallest absolute Gasteiger partial charge is 0.312 e. The predicted octanol–water partition coefficient (Wildman–Crippen LogP) is 2.22. The number of hydrogen-bond acceptors (Lipinski definition) is 6. The zero-order valence-corrected chi connectivity index (χ0v) is 20.5. The molecule has 0 bridgehead atoms. The number of aliphatic hydroxyl groups excluding tert-OH is 1. The summed E-state index contributed by atoms with van der Waals surface area (Å²) in [6.45, 7) is 1.63. The first-order valence-electron chi connectivity index (χ1n) is 13.0. The van der Waals surface area contributed by atoms with Crippen LogP contribution in [0.2, 0.25) is 0 Å². The number of rotatable bonds is 8. The Hall–Kier alpha value is -2.97. The summed E-state index contributed by atoms with van der Waals surface area (Å²) in [5.74, 6) is -2.41. The molecule has 4 heterocycles. The summed E-state index contributed by atoms with van der Waals surface area (Å²) < 4.78 is 12.0. The first-order chi connectivity index (χ1) is 17.6. The quantitative estimate of drug-likeness (QED) is 0.338. The lowest BCUT2D eigenvalue weighted by atomic mass is 9.77. The van der Waals surface area contributed by atoms with Crippen molar-refractivity contribution in [2.45, 2.75) is 56.4 Å². The van der Waals surface area contributed by atoms with Gasteiger partial charge in [-0.1, -0.05) is 67.5 Å². The lowest BCUT2D eigenvalue weighted by Crippen LogP contribution is -2.55. The maximum Gasteiger partial charge on any atom is 0.312 e. The molecule has 8 heteroatoms. The number of fused-ring (bicyclic) bond motifs is 2. The van der Waals surface area contributed by atoms with Crippen LogP contribution in [0.4, 0.5) is 0 Å². The molecule has 1 N–H and O–H groups in total. The average molecular weight is 495 g/mol. The molecular weight excluding hydrogens is 460 g/mol. The van der Waals surface area contributed by atoms with Gasteiger partial charge in [-0.15, -0.1) is 0 Å². The average Bonchev–Trinajstić information content (AvgIpc) is 3.25. The Bertz CT molecular complexity index is 1040. The number of likely N-dealkylation sites (tertiary alicyclic amines) is 1. The van der Waals surface area contributed by atoms with E-state index in [1.165, 1.54) is 0 Å². The van der Waals surface area contributed by atoms with E-state index in [0.29, 0.717) is 38.9 Å². The van der Waals surface area contributed by atoms with Crippen molar-refractivity contribution in [2.75, 3.05) is 26.3 Å². The van der Waals surface area contributed by atoms with Crippen molar-refractivity contribution in [3.63, 3.8) is 0 Å². The van der Waals surface area contributed by atoms with Crippen molar-refractivity contribution in [3.8, 4) is 0 Å². The van der Waals surface area contributed by atoms with Crippen molar-refractivity contribution in [1.82, 2.24) is 9.80 Å². The second-order valence-corrected chi connectivity index (χ2v) is 10.0. The highest BCUT2D eigenvalue weighted by molar-refractivity contribution is 5.99. The van der Waals surface area contributed by atoms with Gasteiger partial charge >= 0.3 is 5.97 Å². The topological polar surface area (TPSA) is 96.4 Å². The van der Waals surface area contributed by atoms with Crippen LogP contribution in [0.1, 0.15) is 37.7 Å². The number of benzene rings is 1. The first kappa shape index (κ1) is 24.7. The molecule has 5 rings (SSSR count). The van der Waals surface area contributed by atoms with E-state index in [1.54, 1.807) is 9.80 Å². The summed E-state index contributed by atoms with van der Waals surface area (Å²) in [6.07, 6.45) is 10.6. The third-order valence-corrected chi connectivity index (χ3v) is 7.73. The van der Waals surface area contributed by atoms with Crippen LogP contribution in [0.15, 0.2) is 54.6 Å².